The summed E-state index contributed by atoms with van der Waals surface area (Å²) in [6.07, 6.45) is 5.04. The molecule has 2 fully saturated rings. The van der Waals surface area contributed by atoms with Crippen molar-refractivity contribution in [2.75, 3.05) is 26.7 Å². The van der Waals surface area contributed by atoms with Crippen LogP contribution in [-0.2, 0) is 9.59 Å². The SMILES string of the molecule is CN1CCC(CNC(=O)C2CCC(=O)CC2)CC1. The zero-order valence-electron chi connectivity index (χ0n) is 11.3. The van der Waals surface area contributed by atoms with Crippen LogP contribution >= 0.6 is 0 Å². The molecule has 0 aromatic rings. The van der Waals surface area contributed by atoms with Gasteiger partial charge in [0.05, 0.1) is 0 Å². The molecule has 0 unspecified atom stereocenters. The fourth-order valence-corrected chi connectivity index (χ4v) is 2.86. The van der Waals surface area contributed by atoms with Gasteiger partial charge in [-0.15, -0.1) is 0 Å². The Bertz CT molecular complexity index is 299. The maximum atomic E-state index is 12.0. The lowest BCUT2D eigenvalue weighted by molar-refractivity contribution is -0.128. The second kappa shape index (κ2) is 6.32. The Labute approximate surface area is 109 Å². The van der Waals surface area contributed by atoms with Crippen LogP contribution < -0.4 is 5.32 Å². The van der Waals surface area contributed by atoms with Crippen molar-refractivity contribution < 1.29 is 9.59 Å². The van der Waals surface area contributed by atoms with Crippen LogP contribution in [0.1, 0.15) is 38.5 Å². The molecule has 1 saturated carbocycles. The zero-order valence-corrected chi connectivity index (χ0v) is 11.3. The number of hydrogen-bond acceptors (Lipinski definition) is 3. The zero-order chi connectivity index (χ0) is 13.0. The molecule has 1 aliphatic heterocycles. The van der Waals surface area contributed by atoms with Crippen molar-refractivity contribution in [3.05, 3.63) is 0 Å². The van der Waals surface area contributed by atoms with Gasteiger partial charge in [-0.05, 0) is 51.7 Å². The molecule has 0 aromatic carbocycles. The summed E-state index contributed by atoms with van der Waals surface area (Å²) in [5.41, 5.74) is 0. The summed E-state index contributed by atoms with van der Waals surface area (Å²) in [6.45, 7) is 3.09. The van der Waals surface area contributed by atoms with Gasteiger partial charge in [-0.3, -0.25) is 9.59 Å². The van der Waals surface area contributed by atoms with Crippen LogP contribution in [0.25, 0.3) is 0 Å². The highest BCUT2D eigenvalue weighted by Gasteiger charge is 2.25. The molecule has 2 rings (SSSR count). The van der Waals surface area contributed by atoms with Gasteiger partial charge in [-0.1, -0.05) is 0 Å². The second-order valence-electron chi connectivity index (χ2n) is 5.80. The number of amides is 1. The molecule has 18 heavy (non-hydrogen) atoms. The number of hydrogen-bond donors (Lipinski definition) is 1. The van der Waals surface area contributed by atoms with Crippen molar-refractivity contribution in [2.45, 2.75) is 38.5 Å². The normalized spacial score (nSPS) is 24.2. The highest BCUT2D eigenvalue weighted by Crippen LogP contribution is 2.22. The van der Waals surface area contributed by atoms with Crippen LogP contribution in [0.2, 0.25) is 0 Å². The van der Waals surface area contributed by atoms with E-state index < -0.39 is 0 Å². The molecular weight excluding hydrogens is 228 g/mol. The molecule has 1 saturated heterocycles. The Balaban J connectivity index is 1.67. The highest BCUT2D eigenvalue weighted by atomic mass is 16.2. The third kappa shape index (κ3) is 3.80. The minimum absolute atomic E-state index is 0.0777. The van der Waals surface area contributed by atoms with Gasteiger partial charge in [0.1, 0.15) is 5.78 Å². The Morgan fingerprint density at radius 2 is 1.83 bits per heavy atom. The van der Waals surface area contributed by atoms with Crippen LogP contribution in [0.5, 0.6) is 0 Å². The van der Waals surface area contributed by atoms with E-state index in [9.17, 15) is 9.59 Å². The number of carbonyl (C=O) groups is 2. The van der Waals surface area contributed by atoms with Crippen LogP contribution in [0, 0.1) is 11.8 Å². The molecule has 102 valence electrons. The summed E-state index contributed by atoms with van der Waals surface area (Å²) in [5, 5.41) is 3.08. The first-order valence-corrected chi connectivity index (χ1v) is 7.13. The van der Waals surface area contributed by atoms with Gasteiger partial charge < -0.3 is 10.2 Å². The molecule has 4 nitrogen and oxygen atoms in total. The predicted octanol–water partition coefficient (Wildman–Crippen LogP) is 1.20. The molecule has 1 aliphatic carbocycles. The Morgan fingerprint density at radius 3 is 2.44 bits per heavy atom. The van der Waals surface area contributed by atoms with Crippen LogP contribution in [0.15, 0.2) is 0 Å². The number of ketones is 1. The fraction of sp³-hybridized carbons (Fsp3) is 0.857. The maximum absolute atomic E-state index is 12.0. The third-order valence-electron chi connectivity index (χ3n) is 4.32. The molecule has 4 heteroatoms. The molecule has 1 N–H and O–H groups in total. The van der Waals surface area contributed by atoms with Crippen LogP contribution in [0.3, 0.4) is 0 Å². The first kappa shape index (κ1) is 13.5. The predicted molar refractivity (Wildman–Crippen MR) is 70.2 cm³/mol. The Morgan fingerprint density at radius 1 is 1.22 bits per heavy atom. The van der Waals surface area contributed by atoms with E-state index in [-0.39, 0.29) is 11.8 Å². The number of likely N-dealkylation sites (tertiary alicyclic amines) is 1. The van der Waals surface area contributed by atoms with Gasteiger partial charge >= 0.3 is 0 Å². The van der Waals surface area contributed by atoms with E-state index in [2.05, 4.69) is 17.3 Å². The number of nitrogens with zero attached hydrogens (tertiary/aromatic N) is 1. The molecule has 0 atom stereocenters. The van der Waals surface area contributed by atoms with E-state index in [1.165, 1.54) is 12.8 Å². The number of piperidine rings is 1. The molecule has 0 spiro atoms. The average molecular weight is 252 g/mol. The van der Waals surface area contributed by atoms with Crippen LogP contribution in [0.4, 0.5) is 0 Å². The van der Waals surface area contributed by atoms with Crippen molar-refractivity contribution in [1.29, 1.82) is 0 Å². The van der Waals surface area contributed by atoms with Gasteiger partial charge in [-0.2, -0.15) is 0 Å². The molecule has 0 aromatic heterocycles. The van der Waals surface area contributed by atoms with E-state index in [0.29, 0.717) is 24.5 Å². The third-order valence-corrected chi connectivity index (χ3v) is 4.32. The van der Waals surface area contributed by atoms with Gasteiger partial charge in [0.25, 0.3) is 0 Å². The average Bonchev–Trinajstić information content (AvgIpc) is 2.38. The topological polar surface area (TPSA) is 49.4 Å². The lowest BCUT2D eigenvalue weighted by atomic mass is 9.87. The lowest BCUT2D eigenvalue weighted by Crippen LogP contribution is -2.39. The van der Waals surface area contributed by atoms with Gasteiger partial charge in [0.2, 0.25) is 5.91 Å². The maximum Gasteiger partial charge on any atom is 0.223 e. The van der Waals surface area contributed by atoms with Crippen molar-refractivity contribution in [3.63, 3.8) is 0 Å². The standard InChI is InChI=1S/C14H24N2O2/c1-16-8-6-11(7-9-16)10-15-14(18)12-2-4-13(17)5-3-12/h11-12H,2-10H2,1H3,(H,15,18). The minimum Gasteiger partial charge on any atom is -0.356 e. The quantitative estimate of drug-likeness (QED) is 0.821. The molecule has 2 aliphatic rings. The van der Waals surface area contributed by atoms with Crippen molar-refractivity contribution in [1.82, 2.24) is 10.2 Å². The number of rotatable bonds is 3. The minimum atomic E-state index is 0.0777. The second-order valence-corrected chi connectivity index (χ2v) is 5.80. The van der Waals surface area contributed by atoms with E-state index in [4.69, 9.17) is 0 Å². The number of Topliss-reactive ketones (excluding diaryl/α,β-unsaturated/α-hetero) is 1. The first-order chi connectivity index (χ1) is 8.65. The smallest absolute Gasteiger partial charge is 0.223 e. The van der Waals surface area contributed by atoms with E-state index in [1.807, 2.05) is 0 Å². The summed E-state index contributed by atoms with van der Waals surface area (Å²) in [6, 6.07) is 0. The highest BCUT2D eigenvalue weighted by molar-refractivity contribution is 5.84. The Kier molecular flexibility index (Phi) is 4.75. The Hall–Kier alpha value is -0.900. The monoisotopic (exact) mass is 252 g/mol. The molecule has 0 radical (unpaired) electrons. The van der Waals surface area contributed by atoms with Gasteiger partial charge in [-0.25, -0.2) is 0 Å². The first-order valence-electron chi connectivity index (χ1n) is 7.13. The molecule has 0 bridgehead atoms. The van der Waals surface area contributed by atoms with Crippen molar-refractivity contribution >= 4 is 11.7 Å². The van der Waals surface area contributed by atoms with Gasteiger partial charge in [0.15, 0.2) is 0 Å². The van der Waals surface area contributed by atoms with E-state index >= 15 is 0 Å². The molecular formula is C14H24N2O2. The van der Waals surface area contributed by atoms with Crippen LogP contribution in [-0.4, -0.2) is 43.3 Å². The summed E-state index contributed by atoms with van der Waals surface area (Å²) >= 11 is 0. The summed E-state index contributed by atoms with van der Waals surface area (Å²) < 4.78 is 0. The van der Waals surface area contributed by atoms with E-state index in [0.717, 1.165) is 32.5 Å². The van der Waals surface area contributed by atoms with Gasteiger partial charge in [0, 0.05) is 25.3 Å². The summed E-state index contributed by atoms with van der Waals surface area (Å²) in [5.74, 6) is 1.19. The molecule has 1 heterocycles. The summed E-state index contributed by atoms with van der Waals surface area (Å²) in [7, 11) is 2.15. The largest absolute Gasteiger partial charge is 0.356 e. The summed E-state index contributed by atoms with van der Waals surface area (Å²) in [4.78, 5) is 25.4. The lowest BCUT2D eigenvalue weighted by Gasteiger charge is -2.29. The number of nitrogens with one attached hydrogen (secondary N) is 1. The fourth-order valence-electron chi connectivity index (χ4n) is 2.86. The molecule has 1 amide bonds. The number of carbonyl (C=O) groups excluding carboxylic acids is 2. The van der Waals surface area contributed by atoms with E-state index in [1.54, 1.807) is 0 Å². The van der Waals surface area contributed by atoms with Crippen molar-refractivity contribution in [2.24, 2.45) is 11.8 Å². The van der Waals surface area contributed by atoms with Crippen molar-refractivity contribution in [3.8, 4) is 0 Å².